The Hall–Kier alpha value is -1.36. The molecule has 0 spiro atoms. The van der Waals surface area contributed by atoms with Gasteiger partial charge in [-0.05, 0) is 0 Å². The fraction of sp³-hybridized carbons (Fsp3) is 0.625. The van der Waals surface area contributed by atoms with Gasteiger partial charge in [-0.2, -0.15) is 0 Å². The number of carbonyl (C=O) groups is 1. The first-order valence-electron chi connectivity index (χ1n) is 5.31. The minimum atomic E-state index is -4.75. The third-order valence-corrected chi connectivity index (χ3v) is 3.60. The molecule has 11 nitrogen and oxygen atoms in total. The summed E-state index contributed by atoms with van der Waals surface area (Å²) in [6.45, 7) is -0.360. The van der Waals surface area contributed by atoms with Crippen molar-refractivity contribution in [1.82, 2.24) is 15.0 Å². The van der Waals surface area contributed by atoms with Crippen molar-refractivity contribution < 1.29 is 34.1 Å². The van der Waals surface area contributed by atoms with Crippen LogP contribution in [-0.2, 0) is 15.8 Å². The van der Waals surface area contributed by atoms with Crippen LogP contribution in [0.2, 0.25) is 0 Å². The van der Waals surface area contributed by atoms with Crippen molar-refractivity contribution in [2.75, 3.05) is 7.11 Å². The van der Waals surface area contributed by atoms with Crippen LogP contribution in [0.3, 0.4) is 0 Å². The fourth-order valence-electron chi connectivity index (χ4n) is 1.47. The van der Waals surface area contributed by atoms with Gasteiger partial charge in [0.05, 0.1) is 12.7 Å². The predicted octanol–water partition coefficient (Wildman–Crippen LogP) is -2.75. The summed E-state index contributed by atoms with van der Waals surface area (Å²) in [6.07, 6.45) is -2.34. The quantitative estimate of drug-likeness (QED) is 0.333. The molecule has 12 heteroatoms. The van der Waals surface area contributed by atoms with Crippen LogP contribution in [0.5, 0.6) is 0 Å². The highest BCUT2D eigenvalue weighted by molar-refractivity contribution is 7.52. The van der Waals surface area contributed by atoms with E-state index in [9.17, 15) is 19.6 Å². The molecular formula is C8H15N4O7P. The van der Waals surface area contributed by atoms with E-state index >= 15 is 0 Å². The van der Waals surface area contributed by atoms with Crippen LogP contribution in [0.25, 0.3) is 0 Å². The van der Waals surface area contributed by atoms with Crippen molar-refractivity contribution in [3.05, 3.63) is 11.9 Å². The molecule has 1 amide bonds. The van der Waals surface area contributed by atoms with Gasteiger partial charge in [0.1, 0.15) is 12.2 Å². The first kappa shape index (κ1) is 16.7. The lowest BCUT2D eigenvalue weighted by molar-refractivity contribution is -0.0579. The zero-order chi connectivity index (χ0) is 15.5. The molecule has 1 aromatic heterocycles. The summed E-state index contributed by atoms with van der Waals surface area (Å²) in [5, 5.41) is 26.2. The Balaban J connectivity index is 2.76. The second-order valence-corrected chi connectivity index (χ2v) is 5.65. The number of hydrogen-bond donors (Lipinski definition) is 5. The Bertz CT molecular complexity index is 515. The third-order valence-electron chi connectivity index (χ3n) is 2.42. The molecule has 3 atom stereocenters. The number of aliphatic hydroxyl groups is 2. The van der Waals surface area contributed by atoms with Gasteiger partial charge in [-0.25, -0.2) is 4.68 Å². The van der Waals surface area contributed by atoms with Crippen molar-refractivity contribution in [3.63, 3.8) is 0 Å². The number of amides is 1. The van der Waals surface area contributed by atoms with Gasteiger partial charge in [-0.15, -0.1) is 5.10 Å². The Morgan fingerprint density at radius 2 is 2.15 bits per heavy atom. The zero-order valence-electron chi connectivity index (χ0n) is 10.4. The molecule has 0 aliphatic heterocycles. The molecule has 20 heavy (non-hydrogen) atoms. The highest BCUT2D eigenvalue weighted by Gasteiger charge is 2.39. The van der Waals surface area contributed by atoms with E-state index in [0.29, 0.717) is 0 Å². The second kappa shape index (κ2) is 6.39. The van der Waals surface area contributed by atoms with Crippen LogP contribution in [0.4, 0.5) is 0 Å². The molecular weight excluding hydrogens is 295 g/mol. The van der Waals surface area contributed by atoms with Crippen molar-refractivity contribution >= 4 is 13.5 Å². The molecule has 1 rings (SSSR count). The fourth-order valence-corrected chi connectivity index (χ4v) is 2.34. The van der Waals surface area contributed by atoms with E-state index in [1.165, 1.54) is 0 Å². The summed E-state index contributed by atoms with van der Waals surface area (Å²) in [5.41, 5.74) is 4.81. The van der Waals surface area contributed by atoms with Gasteiger partial charge in [-0.1, -0.05) is 5.21 Å². The summed E-state index contributed by atoms with van der Waals surface area (Å²) >= 11 is 0. The first-order chi connectivity index (χ1) is 9.16. The van der Waals surface area contributed by atoms with Gasteiger partial charge in [0.25, 0.3) is 5.91 Å². The predicted molar refractivity (Wildman–Crippen MR) is 63.4 cm³/mol. The Kier molecular flexibility index (Phi) is 5.34. The molecule has 0 saturated carbocycles. The monoisotopic (exact) mass is 310 g/mol. The number of aromatic nitrogens is 3. The van der Waals surface area contributed by atoms with E-state index in [1.807, 2.05) is 0 Å². The number of methoxy groups -OCH3 is 1. The van der Waals surface area contributed by atoms with Crippen LogP contribution in [0.1, 0.15) is 10.5 Å². The van der Waals surface area contributed by atoms with E-state index in [1.54, 1.807) is 0 Å². The molecule has 0 saturated heterocycles. The summed E-state index contributed by atoms with van der Waals surface area (Å²) in [6, 6.07) is 0. The molecule has 0 radical (unpaired) electrons. The molecule has 0 aliphatic rings. The molecule has 0 aliphatic carbocycles. The van der Waals surface area contributed by atoms with Gasteiger partial charge in [0, 0.05) is 7.11 Å². The molecule has 0 aromatic carbocycles. The number of primary amides is 1. The number of nitrogens with zero attached hydrogens (tertiary/aromatic N) is 3. The van der Waals surface area contributed by atoms with E-state index in [-0.39, 0.29) is 12.2 Å². The highest BCUT2D eigenvalue weighted by atomic mass is 31.2. The van der Waals surface area contributed by atoms with E-state index in [0.717, 1.165) is 18.0 Å². The van der Waals surface area contributed by atoms with Crippen LogP contribution >= 0.6 is 7.60 Å². The first-order valence-corrected chi connectivity index (χ1v) is 6.99. The van der Waals surface area contributed by atoms with Crippen molar-refractivity contribution in [2.24, 2.45) is 5.73 Å². The Morgan fingerprint density at radius 1 is 1.55 bits per heavy atom. The summed E-state index contributed by atoms with van der Waals surface area (Å²) in [5.74, 6) is -2.70. The molecule has 1 heterocycles. The van der Waals surface area contributed by atoms with E-state index in [2.05, 4.69) is 15.0 Å². The Labute approximate surface area is 113 Å². The average Bonchev–Trinajstić information content (AvgIpc) is 2.76. The topological polar surface area (TPSA) is 181 Å². The van der Waals surface area contributed by atoms with Crippen LogP contribution < -0.4 is 5.73 Å². The van der Waals surface area contributed by atoms with Crippen molar-refractivity contribution in [2.45, 2.75) is 24.6 Å². The van der Waals surface area contributed by atoms with Crippen molar-refractivity contribution in [1.29, 1.82) is 0 Å². The maximum atomic E-state index is 11.1. The maximum absolute atomic E-state index is 11.1. The summed E-state index contributed by atoms with van der Waals surface area (Å²) in [7, 11) is -3.77. The largest absolute Gasteiger partial charge is 0.388 e. The Morgan fingerprint density at radius 3 is 2.55 bits per heavy atom. The second-order valence-electron chi connectivity index (χ2n) is 3.96. The van der Waals surface area contributed by atoms with Gasteiger partial charge in [0.15, 0.2) is 11.5 Å². The van der Waals surface area contributed by atoms with Gasteiger partial charge >= 0.3 is 7.60 Å². The minimum absolute atomic E-state index is 0.148. The smallest absolute Gasteiger partial charge is 0.356 e. The average molecular weight is 310 g/mol. The maximum Gasteiger partial charge on any atom is 0.356 e. The number of ether oxygens (including phenoxy) is 1. The third kappa shape index (κ3) is 4.07. The number of aliphatic hydroxyl groups excluding tert-OH is 2. The molecule has 0 unspecified atom stereocenters. The lowest BCUT2D eigenvalue weighted by Gasteiger charge is -2.25. The number of nitrogens with two attached hydrogens (primary N) is 1. The van der Waals surface area contributed by atoms with Crippen LogP contribution in [-0.4, -0.2) is 66.1 Å². The minimum Gasteiger partial charge on any atom is -0.388 e. The molecule has 114 valence electrons. The molecule has 6 N–H and O–H groups in total. The van der Waals surface area contributed by atoms with E-state index in [4.69, 9.17) is 15.5 Å². The SMILES string of the molecule is CO[C@H]([C@H](O)[C@@H](O)Cn1cc(C(N)=O)nn1)P(=O)(O)O. The van der Waals surface area contributed by atoms with Crippen LogP contribution in [0.15, 0.2) is 6.20 Å². The van der Waals surface area contributed by atoms with Gasteiger partial charge in [-0.3, -0.25) is 9.36 Å². The summed E-state index contributed by atoms with van der Waals surface area (Å²) in [4.78, 5) is 28.7. The molecule has 0 fully saturated rings. The number of rotatable bonds is 7. The van der Waals surface area contributed by atoms with Crippen molar-refractivity contribution in [3.8, 4) is 0 Å². The number of carbonyl (C=O) groups excluding carboxylic acids is 1. The zero-order valence-corrected chi connectivity index (χ0v) is 11.3. The lowest BCUT2D eigenvalue weighted by Crippen LogP contribution is -2.40. The highest BCUT2D eigenvalue weighted by Crippen LogP contribution is 2.43. The number of hydrogen-bond acceptors (Lipinski definition) is 7. The lowest BCUT2D eigenvalue weighted by atomic mass is 10.2. The van der Waals surface area contributed by atoms with Gasteiger partial charge < -0.3 is 30.5 Å². The van der Waals surface area contributed by atoms with E-state index < -0.39 is 31.6 Å². The molecule has 0 bridgehead atoms. The summed E-state index contributed by atoms with van der Waals surface area (Å²) < 4.78 is 16.5. The standard InChI is InChI=1S/C8H15N4O7P/c1-19-8(20(16,17)18)6(14)5(13)3-12-2-4(7(9)15)10-11-12/h2,5-6,8,13-14H,3H2,1H3,(H2,9,15)(H2,16,17,18)/t5-,6+,8-/m0/s1. The van der Waals surface area contributed by atoms with Gasteiger partial charge in [0.2, 0.25) is 0 Å². The molecule has 1 aromatic rings. The normalized spacial score (nSPS) is 16.6. The van der Waals surface area contributed by atoms with Crippen LogP contribution in [0, 0.1) is 0 Å².